The van der Waals surface area contributed by atoms with Gasteiger partial charge in [0, 0.05) is 23.9 Å². The lowest BCUT2D eigenvalue weighted by atomic mass is 9.99. The number of nitrogens with one attached hydrogen (secondary N) is 1. The van der Waals surface area contributed by atoms with E-state index in [9.17, 15) is 9.59 Å². The molecule has 0 unspecified atom stereocenters. The zero-order valence-electron chi connectivity index (χ0n) is 18.0. The van der Waals surface area contributed by atoms with Crippen molar-refractivity contribution < 1.29 is 19.1 Å². The second kappa shape index (κ2) is 10.0. The third kappa shape index (κ3) is 5.09. The van der Waals surface area contributed by atoms with Crippen LogP contribution in [-0.2, 0) is 11.2 Å². The second-order valence-electron chi connectivity index (χ2n) is 7.55. The minimum Gasteiger partial charge on any atom is -0.486 e. The monoisotopic (exact) mass is 430 g/mol. The molecule has 0 aliphatic carbocycles. The molecule has 0 saturated carbocycles. The summed E-state index contributed by atoms with van der Waals surface area (Å²) in [6.45, 7) is 3.24. The van der Waals surface area contributed by atoms with Crippen molar-refractivity contribution >= 4 is 17.5 Å². The Hall–Kier alpha value is -3.80. The Morgan fingerprint density at radius 2 is 1.62 bits per heavy atom. The minimum absolute atomic E-state index is 0.0382. The van der Waals surface area contributed by atoms with Crippen LogP contribution in [0.4, 0.5) is 5.69 Å². The summed E-state index contributed by atoms with van der Waals surface area (Å²) in [4.78, 5) is 27.5. The molecule has 1 aliphatic heterocycles. The normalized spacial score (nSPS) is 12.2. The van der Waals surface area contributed by atoms with E-state index in [1.54, 1.807) is 23.1 Å². The van der Waals surface area contributed by atoms with Crippen molar-refractivity contribution in [1.29, 1.82) is 0 Å². The molecule has 0 fully saturated rings. The van der Waals surface area contributed by atoms with Crippen LogP contribution in [0.1, 0.15) is 28.4 Å². The van der Waals surface area contributed by atoms with Gasteiger partial charge in [-0.15, -0.1) is 0 Å². The smallest absolute Gasteiger partial charge is 0.254 e. The molecule has 1 heterocycles. The van der Waals surface area contributed by atoms with Gasteiger partial charge in [-0.05, 0) is 42.7 Å². The predicted molar refractivity (Wildman–Crippen MR) is 123 cm³/mol. The summed E-state index contributed by atoms with van der Waals surface area (Å²) in [6, 6.07) is 22.9. The Bertz CT molecular complexity index is 1100. The van der Waals surface area contributed by atoms with Gasteiger partial charge in [0.15, 0.2) is 11.5 Å². The Morgan fingerprint density at radius 3 is 2.41 bits per heavy atom. The molecule has 32 heavy (non-hydrogen) atoms. The maximum absolute atomic E-state index is 13.3. The molecule has 164 valence electrons. The van der Waals surface area contributed by atoms with E-state index in [0.717, 1.165) is 11.1 Å². The van der Waals surface area contributed by atoms with Gasteiger partial charge in [-0.3, -0.25) is 9.59 Å². The highest BCUT2D eigenvalue weighted by atomic mass is 16.6. The van der Waals surface area contributed by atoms with Crippen LogP contribution >= 0.6 is 0 Å². The molecule has 1 aliphatic rings. The Kier molecular flexibility index (Phi) is 6.70. The summed E-state index contributed by atoms with van der Waals surface area (Å²) in [5, 5.41) is 2.85. The van der Waals surface area contributed by atoms with Crippen molar-refractivity contribution in [2.75, 3.05) is 31.6 Å². The molecule has 6 nitrogen and oxygen atoms in total. The fourth-order valence-electron chi connectivity index (χ4n) is 3.69. The van der Waals surface area contributed by atoms with Gasteiger partial charge >= 0.3 is 0 Å². The van der Waals surface area contributed by atoms with Gasteiger partial charge in [-0.2, -0.15) is 0 Å². The fraction of sp³-hybridized carbons (Fsp3) is 0.231. The number of hydrogen-bond acceptors (Lipinski definition) is 4. The zero-order valence-corrected chi connectivity index (χ0v) is 18.0. The molecule has 3 aromatic carbocycles. The number of nitrogens with zero attached hydrogens (tertiary/aromatic N) is 1. The fourth-order valence-corrected chi connectivity index (χ4v) is 3.69. The lowest BCUT2D eigenvalue weighted by Gasteiger charge is -2.22. The van der Waals surface area contributed by atoms with Crippen molar-refractivity contribution in [2.24, 2.45) is 0 Å². The van der Waals surface area contributed by atoms with Crippen LogP contribution in [0.5, 0.6) is 11.5 Å². The van der Waals surface area contributed by atoms with Gasteiger partial charge in [0.2, 0.25) is 5.91 Å². The number of fused-ring (bicyclic) bond motifs is 1. The Labute approximate surface area is 187 Å². The molecular weight excluding hydrogens is 404 g/mol. The SMILES string of the molecule is CCN(CC(=O)Nc1ccc2c(c1)OCCO2)C(=O)c1ccccc1Cc1ccccc1. The van der Waals surface area contributed by atoms with E-state index in [1.165, 1.54) is 0 Å². The van der Waals surface area contributed by atoms with Gasteiger partial charge < -0.3 is 19.7 Å². The van der Waals surface area contributed by atoms with Crippen LogP contribution in [-0.4, -0.2) is 43.0 Å². The van der Waals surface area contributed by atoms with Gasteiger partial charge in [0.05, 0.1) is 0 Å². The Balaban J connectivity index is 1.45. The third-order valence-electron chi connectivity index (χ3n) is 5.31. The average molecular weight is 431 g/mol. The Morgan fingerprint density at radius 1 is 0.906 bits per heavy atom. The number of rotatable bonds is 7. The van der Waals surface area contributed by atoms with Gasteiger partial charge in [0.25, 0.3) is 5.91 Å². The van der Waals surface area contributed by atoms with Crippen molar-refractivity contribution in [2.45, 2.75) is 13.3 Å². The summed E-state index contributed by atoms with van der Waals surface area (Å²) >= 11 is 0. The molecular formula is C26H26N2O4. The lowest BCUT2D eigenvalue weighted by molar-refractivity contribution is -0.116. The van der Waals surface area contributed by atoms with E-state index < -0.39 is 0 Å². The maximum atomic E-state index is 13.3. The highest BCUT2D eigenvalue weighted by molar-refractivity contribution is 6.00. The molecule has 6 heteroatoms. The number of benzene rings is 3. The number of ether oxygens (including phenoxy) is 2. The molecule has 3 aromatic rings. The topological polar surface area (TPSA) is 67.9 Å². The summed E-state index contributed by atoms with van der Waals surface area (Å²) in [6.07, 6.45) is 0.656. The lowest BCUT2D eigenvalue weighted by Crippen LogP contribution is -2.38. The number of amides is 2. The molecule has 0 radical (unpaired) electrons. The van der Waals surface area contributed by atoms with E-state index in [4.69, 9.17) is 9.47 Å². The molecule has 0 saturated heterocycles. The van der Waals surface area contributed by atoms with E-state index in [2.05, 4.69) is 5.32 Å². The second-order valence-corrected chi connectivity index (χ2v) is 7.55. The predicted octanol–water partition coefficient (Wildman–Crippen LogP) is 4.15. The minimum atomic E-state index is -0.266. The summed E-state index contributed by atoms with van der Waals surface area (Å²) in [5.74, 6) is 0.843. The van der Waals surface area contributed by atoms with Crippen molar-refractivity contribution in [3.63, 3.8) is 0 Å². The van der Waals surface area contributed by atoms with E-state index >= 15 is 0 Å². The first kappa shape index (κ1) is 21.4. The van der Waals surface area contributed by atoms with Crippen LogP contribution in [0.3, 0.4) is 0 Å². The summed E-state index contributed by atoms with van der Waals surface area (Å²) in [7, 11) is 0. The molecule has 4 rings (SSSR count). The number of hydrogen-bond donors (Lipinski definition) is 1. The quantitative estimate of drug-likeness (QED) is 0.612. The van der Waals surface area contributed by atoms with Gasteiger partial charge in [-0.25, -0.2) is 0 Å². The van der Waals surface area contributed by atoms with Gasteiger partial charge in [0.1, 0.15) is 19.8 Å². The third-order valence-corrected chi connectivity index (χ3v) is 5.31. The molecule has 1 N–H and O–H groups in total. The number of anilines is 1. The van der Waals surface area contributed by atoms with E-state index in [-0.39, 0.29) is 18.4 Å². The molecule has 2 amide bonds. The zero-order chi connectivity index (χ0) is 22.3. The number of carbonyl (C=O) groups is 2. The molecule has 0 atom stereocenters. The molecule has 0 bridgehead atoms. The standard InChI is InChI=1S/C26H26N2O4/c1-2-28(18-25(29)27-21-12-13-23-24(17-21)32-15-14-31-23)26(30)22-11-7-6-10-20(22)16-19-8-4-3-5-9-19/h3-13,17H,2,14-16,18H2,1H3,(H,27,29). The van der Waals surface area contributed by atoms with Gasteiger partial charge in [-0.1, -0.05) is 48.5 Å². The summed E-state index contributed by atoms with van der Waals surface area (Å²) in [5.41, 5.74) is 3.29. The largest absolute Gasteiger partial charge is 0.486 e. The van der Waals surface area contributed by atoms with Crippen LogP contribution < -0.4 is 14.8 Å². The summed E-state index contributed by atoms with van der Waals surface area (Å²) < 4.78 is 11.1. The van der Waals surface area contributed by atoms with Crippen LogP contribution in [0, 0.1) is 0 Å². The van der Waals surface area contributed by atoms with Crippen LogP contribution in [0.25, 0.3) is 0 Å². The first-order valence-corrected chi connectivity index (χ1v) is 10.7. The van der Waals surface area contributed by atoms with Crippen molar-refractivity contribution in [3.8, 4) is 11.5 Å². The highest BCUT2D eigenvalue weighted by Gasteiger charge is 2.20. The van der Waals surface area contributed by atoms with E-state index in [0.29, 0.717) is 48.9 Å². The highest BCUT2D eigenvalue weighted by Crippen LogP contribution is 2.32. The van der Waals surface area contributed by atoms with Crippen LogP contribution in [0.2, 0.25) is 0 Å². The molecule has 0 spiro atoms. The number of carbonyl (C=O) groups excluding carboxylic acids is 2. The van der Waals surface area contributed by atoms with Crippen LogP contribution in [0.15, 0.2) is 72.8 Å². The molecule has 0 aromatic heterocycles. The first-order valence-electron chi connectivity index (χ1n) is 10.7. The van der Waals surface area contributed by atoms with Crippen molar-refractivity contribution in [3.05, 3.63) is 89.5 Å². The number of likely N-dealkylation sites (N-methyl/N-ethyl adjacent to an activating group) is 1. The first-order chi connectivity index (χ1) is 15.6. The van der Waals surface area contributed by atoms with Crippen molar-refractivity contribution in [1.82, 2.24) is 4.90 Å². The van der Waals surface area contributed by atoms with E-state index in [1.807, 2.05) is 61.5 Å². The maximum Gasteiger partial charge on any atom is 0.254 e. The average Bonchev–Trinajstić information content (AvgIpc) is 2.83.